The maximum Gasteiger partial charge on any atom is 0.135 e. The standard InChI is InChI=1S/C13H15BrN2O/c1-9-5-6-10-13(12(9)14)15-8-16(10)11-4-2-3-7-17-11/h5-6,8,11H,2-4,7H2,1H3/t11-/m1/s1. The molecule has 0 aliphatic carbocycles. The zero-order valence-electron chi connectivity index (χ0n) is 9.82. The summed E-state index contributed by atoms with van der Waals surface area (Å²) in [6, 6.07) is 4.24. The molecule has 1 aromatic carbocycles. The SMILES string of the molecule is Cc1ccc2c(ncn2[C@H]2CCCCO2)c1Br. The number of fused-ring (bicyclic) bond motifs is 1. The molecule has 0 N–H and O–H groups in total. The number of imidazole rings is 1. The highest BCUT2D eigenvalue weighted by molar-refractivity contribution is 9.10. The van der Waals surface area contributed by atoms with Crippen molar-refractivity contribution in [3.05, 3.63) is 28.5 Å². The lowest BCUT2D eigenvalue weighted by molar-refractivity contribution is -0.0295. The van der Waals surface area contributed by atoms with Crippen LogP contribution in [-0.2, 0) is 4.74 Å². The molecule has 4 heteroatoms. The molecule has 1 aliphatic heterocycles. The van der Waals surface area contributed by atoms with Crippen LogP contribution >= 0.6 is 15.9 Å². The van der Waals surface area contributed by atoms with Crippen LogP contribution in [0.3, 0.4) is 0 Å². The Hall–Kier alpha value is -0.870. The van der Waals surface area contributed by atoms with Crippen molar-refractivity contribution in [3.8, 4) is 0 Å². The number of hydrogen-bond acceptors (Lipinski definition) is 2. The van der Waals surface area contributed by atoms with Crippen molar-refractivity contribution in [2.45, 2.75) is 32.4 Å². The van der Waals surface area contributed by atoms with Gasteiger partial charge in [-0.2, -0.15) is 0 Å². The van der Waals surface area contributed by atoms with E-state index in [4.69, 9.17) is 4.74 Å². The summed E-state index contributed by atoms with van der Waals surface area (Å²) in [5, 5.41) is 0. The van der Waals surface area contributed by atoms with Gasteiger partial charge in [-0.15, -0.1) is 0 Å². The molecule has 0 unspecified atom stereocenters. The molecule has 1 aromatic heterocycles. The molecule has 1 atom stereocenters. The Morgan fingerprint density at radius 3 is 3.06 bits per heavy atom. The van der Waals surface area contributed by atoms with E-state index in [1.807, 2.05) is 6.33 Å². The van der Waals surface area contributed by atoms with Crippen LogP contribution in [-0.4, -0.2) is 16.2 Å². The second-order valence-electron chi connectivity index (χ2n) is 4.54. The van der Waals surface area contributed by atoms with Crippen molar-refractivity contribution >= 4 is 27.0 Å². The Balaban J connectivity index is 2.08. The molecule has 3 nitrogen and oxygen atoms in total. The van der Waals surface area contributed by atoms with E-state index in [9.17, 15) is 0 Å². The summed E-state index contributed by atoms with van der Waals surface area (Å²) in [7, 11) is 0. The smallest absolute Gasteiger partial charge is 0.135 e. The number of halogens is 1. The molecule has 1 aliphatic rings. The van der Waals surface area contributed by atoms with Crippen molar-refractivity contribution in [3.63, 3.8) is 0 Å². The highest BCUT2D eigenvalue weighted by atomic mass is 79.9. The van der Waals surface area contributed by atoms with Crippen LogP contribution in [0.4, 0.5) is 0 Å². The minimum atomic E-state index is 0.156. The summed E-state index contributed by atoms with van der Waals surface area (Å²) in [5.74, 6) is 0. The molecule has 0 bridgehead atoms. The van der Waals surface area contributed by atoms with Gasteiger partial charge in [-0.1, -0.05) is 6.07 Å². The molecule has 1 fully saturated rings. The van der Waals surface area contributed by atoms with Gasteiger partial charge in [0.15, 0.2) is 0 Å². The molecule has 90 valence electrons. The van der Waals surface area contributed by atoms with Crippen LogP contribution in [0.25, 0.3) is 11.0 Å². The first kappa shape index (κ1) is 11.2. The first-order valence-electron chi connectivity index (χ1n) is 6.00. The second kappa shape index (κ2) is 4.42. The number of rotatable bonds is 1. The number of ether oxygens (including phenoxy) is 1. The van der Waals surface area contributed by atoms with Crippen LogP contribution < -0.4 is 0 Å². The van der Waals surface area contributed by atoms with E-state index in [-0.39, 0.29) is 6.23 Å². The minimum Gasteiger partial charge on any atom is -0.358 e. The summed E-state index contributed by atoms with van der Waals surface area (Å²) in [4.78, 5) is 4.49. The van der Waals surface area contributed by atoms with E-state index in [0.29, 0.717) is 0 Å². The van der Waals surface area contributed by atoms with Crippen LogP contribution in [0.15, 0.2) is 22.9 Å². The second-order valence-corrected chi connectivity index (χ2v) is 5.33. The number of hydrogen-bond donors (Lipinski definition) is 0. The summed E-state index contributed by atoms with van der Waals surface area (Å²) in [6.07, 6.45) is 5.54. The van der Waals surface area contributed by atoms with Gasteiger partial charge in [0.05, 0.1) is 11.8 Å². The third-order valence-corrected chi connectivity index (χ3v) is 4.34. The zero-order chi connectivity index (χ0) is 11.8. The molecule has 0 radical (unpaired) electrons. The van der Waals surface area contributed by atoms with Crippen LogP contribution in [0.5, 0.6) is 0 Å². The van der Waals surface area contributed by atoms with Crippen LogP contribution in [0, 0.1) is 6.92 Å². The number of benzene rings is 1. The molecule has 3 rings (SSSR count). The quantitative estimate of drug-likeness (QED) is 0.800. The van der Waals surface area contributed by atoms with E-state index in [1.165, 1.54) is 18.4 Å². The van der Waals surface area contributed by atoms with Gasteiger partial charge in [0, 0.05) is 11.1 Å². The van der Waals surface area contributed by atoms with Crippen molar-refractivity contribution in [1.82, 2.24) is 9.55 Å². The van der Waals surface area contributed by atoms with E-state index < -0.39 is 0 Å². The maximum absolute atomic E-state index is 5.81. The average molecular weight is 295 g/mol. The fraction of sp³-hybridized carbons (Fsp3) is 0.462. The van der Waals surface area contributed by atoms with Gasteiger partial charge >= 0.3 is 0 Å². The zero-order valence-corrected chi connectivity index (χ0v) is 11.4. The number of nitrogens with zero attached hydrogens (tertiary/aromatic N) is 2. The lowest BCUT2D eigenvalue weighted by Gasteiger charge is -2.24. The average Bonchev–Trinajstić information content (AvgIpc) is 2.79. The van der Waals surface area contributed by atoms with Crippen molar-refractivity contribution < 1.29 is 4.74 Å². The van der Waals surface area contributed by atoms with Crippen molar-refractivity contribution in [2.75, 3.05) is 6.61 Å². The number of aromatic nitrogens is 2. The molecular formula is C13H15BrN2O. The Morgan fingerprint density at radius 2 is 2.29 bits per heavy atom. The van der Waals surface area contributed by atoms with Crippen LogP contribution in [0.2, 0.25) is 0 Å². The Labute approximate surface area is 109 Å². The topological polar surface area (TPSA) is 27.1 Å². The molecule has 2 heterocycles. The van der Waals surface area contributed by atoms with E-state index in [0.717, 1.165) is 28.5 Å². The predicted molar refractivity (Wildman–Crippen MR) is 71.0 cm³/mol. The van der Waals surface area contributed by atoms with Gasteiger partial charge in [-0.3, -0.25) is 0 Å². The van der Waals surface area contributed by atoms with Gasteiger partial charge in [0.1, 0.15) is 11.7 Å². The summed E-state index contributed by atoms with van der Waals surface area (Å²) >= 11 is 3.60. The van der Waals surface area contributed by atoms with Crippen molar-refractivity contribution in [2.24, 2.45) is 0 Å². The van der Waals surface area contributed by atoms with E-state index >= 15 is 0 Å². The van der Waals surface area contributed by atoms with E-state index in [1.54, 1.807) is 0 Å². The highest BCUT2D eigenvalue weighted by Crippen LogP contribution is 2.30. The molecule has 17 heavy (non-hydrogen) atoms. The third-order valence-electron chi connectivity index (χ3n) is 3.34. The molecule has 1 saturated heterocycles. The van der Waals surface area contributed by atoms with Gasteiger partial charge in [-0.05, 0) is 53.7 Å². The lowest BCUT2D eigenvalue weighted by atomic mass is 10.1. The Morgan fingerprint density at radius 1 is 1.41 bits per heavy atom. The third kappa shape index (κ3) is 1.89. The predicted octanol–water partition coefficient (Wildman–Crippen LogP) is 3.81. The van der Waals surface area contributed by atoms with E-state index in [2.05, 4.69) is 44.5 Å². The normalized spacial score (nSPS) is 20.9. The fourth-order valence-corrected chi connectivity index (χ4v) is 2.78. The molecular weight excluding hydrogens is 280 g/mol. The fourth-order valence-electron chi connectivity index (χ4n) is 2.34. The van der Waals surface area contributed by atoms with Crippen molar-refractivity contribution in [1.29, 1.82) is 0 Å². The summed E-state index contributed by atoms with van der Waals surface area (Å²) in [6.45, 7) is 2.94. The Kier molecular flexibility index (Phi) is 2.92. The van der Waals surface area contributed by atoms with Gasteiger partial charge in [0.2, 0.25) is 0 Å². The van der Waals surface area contributed by atoms with Gasteiger partial charge in [-0.25, -0.2) is 4.98 Å². The molecule has 0 amide bonds. The lowest BCUT2D eigenvalue weighted by Crippen LogP contribution is -2.17. The first-order chi connectivity index (χ1) is 8.27. The maximum atomic E-state index is 5.81. The van der Waals surface area contributed by atoms with Crippen LogP contribution in [0.1, 0.15) is 31.1 Å². The first-order valence-corrected chi connectivity index (χ1v) is 6.80. The monoisotopic (exact) mass is 294 g/mol. The summed E-state index contributed by atoms with van der Waals surface area (Å²) < 4.78 is 9.05. The molecule has 0 spiro atoms. The molecule has 2 aromatic rings. The molecule has 0 saturated carbocycles. The number of aryl methyl sites for hydroxylation is 1. The largest absolute Gasteiger partial charge is 0.358 e. The highest BCUT2D eigenvalue weighted by Gasteiger charge is 2.18. The Bertz CT molecular complexity index is 544. The summed E-state index contributed by atoms with van der Waals surface area (Å²) in [5.41, 5.74) is 3.39. The minimum absolute atomic E-state index is 0.156. The van der Waals surface area contributed by atoms with Gasteiger partial charge in [0.25, 0.3) is 0 Å². The van der Waals surface area contributed by atoms with Gasteiger partial charge < -0.3 is 9.30 Å².